The third-order valence-corrected chi connectivity index (χ3v) is 5.36. The number of carbonyl (C=O) groups is 2. The molecule has 1 fully saturated rings. The highest BCUT2D eigenvalue weighted by Crippen LogP contribution is 2.33. The summed E-state index contributed by atoms with van der Waals surface area (Å²) in [7, 11) is 4.00. The van der Waals surface area contributed by atoms with Gasteiger partial charge >= 0.3 is 6.18 Å². The maximum absolute atomic E-state index is 13.0. The molecule has 2 amide bonds. The van der Waals surface area contributed by atoms with Crippen LogP contribution in [0.3, 0.4) is 0 Å². The fraction of sp³-hybridized carbons (Fsp3) is 0.364. The number of alkyl halides is 3. The molecule has 2 N–H and O–H groups in total. The molecule has 2 atom stereocenters. The number of hydrogen-bond acceptors (Lipinski definition) is 2. The molecule has 30 heavy (non-hydrogen) atoms. The van der Waals surface area contributed by atoms with Gasteiger partial charge in [-0.1, -0.05) is 36.4 Å². The second-order valence-corrected chi connectivity index (χ2v) is 7.74. The summed E-state index contributed by atoms with van der Waals surface area (Å²) in [5, 5.41) is 2.91. The molecule has 2 aromatic carbocycles. The molecule has 1 heterocycles. The van der Waals surface area contributed by atoms with Crippen LogP contribution in [0, 0.1) is 5.92 Å². The normalized spacial score (nSPS) is 18.0. The molecule has 3 rings (SSSR count). The molecule has 0 spiro atoms. The number of likely N-dealkylation sites (N-methyl/N-ethyl adjacent to an activating group) is 1. The van der Waals surface area contributed by atoms with Crippen molar-refractivity contribution in [1.29, 1.82) is 0 Å². The fourth-order valence-electron chi connectivity index (χ4n) is 3.67. The first-order valence-electron chi connectivity index (χ1n) is 9.77. The number of quaternary nitrogens is 1. The van der Waals surface area contributed by atoms with Gasteiger partial charge in [-0.05, 0) is 18.2 Å². The van der Waals surface area contributed by atoms with Crippen LogP contribution in [0.2, 0.25) is 0 Å². The van der Waals surface area contributed by atoms with Gasteiger partial charge in [0.25, 0.3) is 0 Å². The van der Waals surface area contributed by atoms with Crippen LogP contribution >= 0.6 is 0 Å². The van der Waals surface area contributed by atoms with Gasteiger partial charge in [-0.3, -0.25) is 9.59 Å². The molecule has 0 saturated carbocycles. The number of benzene rings is 2. The summed E-state index contributed by atoms with van der Waals surface area (Å²) in [5.41, 5.74) is 0.427. The van der Waals surface area contributed by atoms with E-state index in [9.17, 15) is 22.8 Å². The highest BCUT2D eigenvalue weighted by atomic mass is 19.4. The van der Waals surface area contributed by atoms with Gasteiger partial charge < -0.3 is 15.1 Å². The molecule has 160 valence electrons. The van der Waals surface area contributed by atoms with Gasteiger partial charge in [-0.25, -0.2) is 0 Å². The minimum atomic E-state index is -4.49. The second-order valence-electron chi connectivity index (χ2n) is 7.74. The lowest BCUT2D eigenvalue weighted by molar-refractivity contribution is -0.890. The van der Waals surface area contributed by atoms with Crippen molar-refractivity contribution in [3.63, 3.8) is 0 Å². The van der Waals surface area contributed by atoms with E-state index in [1.807, 2.05) is 44.4 Å². The maximum Gasteiger partial charge on any atom is 0.416 e. The Bertz CT molecular complexity index is 900. The molecule has 1 aliphatic rings. The first kappa shape index (κ1) is 21.8. The number of anilines is 1. The molecule has 1 saturated heterocycles. The largest absolute Gasteiger partial charge is 0.416 e. The standard InChI is InChI=1S/C22H24F3N3O2/c1-27(2)19(15-7-4-3-5-8-15)13-26-21(30)16-11-20(29)28(14-16)18-10-6-9-17(12-18)22(23,24)25/h3-10,12,16,19H,11,13-14H2,1-2H3,(H,26,30)/p+1/t16-,19-/m0/s1. The van der Waals surface area contributed by atoms with E-state index in [1.54, 1.807) is 0 Å². The van der Waals surface area contributed by atoms with Crippen molar-refractivity contribution >= 4 is 17.5 Å². The van der Waals surface area contributed by atoms with E-state index in [0.717, 1.165) is 22.6 Å². The van der Waals surface area contributed by atoms with E-state index in [0.29, 0.717) is 6.54 Å². The minimum Gasteiger partial charge on any atom is -0.349 e. The number of nitrogens with zero attached hydrogens (tertiary/aromatic N) is 1. The van der Waals surface area contributed by atoms with Crippen molar-refractivity contribution in [1.82, 2.24) is 5.32 Å². The number of amides is 2. The maximum atomic E-state index is 13.0. The average Bonchev–Trinajstić information content (AvgIpc) is 3.10. The summed E-state index contributed by atoms with van der Waals surface area (Å²) >= 11 is 0. The Morgan fingerprint density at radius 1 is 1.17 bits per heavy atom. The molecule has 0 aromatic heterocycles. The summed E-state index contributed by atoms with van der Waals surface area (Å²) < 4.78 is 38.9. The topological polar surface area (TPSA) is 53.9 Å². The predicted octanol–water partition coefficient (Wildman–Crippen LogP) is 2.06. The van der Waals surface area contributed by atoms with Gasteiger partial charge in [0.1, 0.15) is 6.04 Å². The zero-order chi connectivity index (χ0) is 21.9. The average molecular weight is 420 g/mol. The Labute approximate surface area is 173 Å². The van der Waals surface area contributed by atoms with E-state index in [-0.39, 0.29) is 36.5 Å². The van der Waals surface area contributed by atoms with Crippen molar-refractivity contribution in [2.24, 2.45) is 5.92 Å². The smallest absolute Gasteiger partial charge is 0.349 e. The summed E-state index contributed by atoms with van der Waals surface area (Å²) in [6.45, 7) is 0.468. The van der Waals surface area contributed by atoms with Crippen LogP contribution in [-0.4, -0.2) is 39.0 Å². The lowest BCUT2D eigenvalue weighted by Crippen LogP contribution is -3.07. The third kappa shape index (κ3) is 4.99. The van der Waals surface area contributed by atoms with E-state index < -0.39 is 17.7 Å². The van der Waals surface area contributed by atoms with Crippen LogP contribution in [0.4, 0.5) is 18.9 Å². The van der Waals surface area contributed by atoms with Gasteiger partial charge in [0.2, 0.25) is 11.8 Å². The summed E-state index contributed by atoms with van der Waals surface area (Å²) in [4.78, 5) is 27.5. The molecular formula is C22H25F3N3O2+. The molecule has 2 aromatic rings. The van der Waals surface area contributed by atoms with Crippen molar-refractivity contribution in [2.45, 2.75) is 18.6 Å². The number of halogens is 3. The van der Waals surface area contributed by atoms with Gasteiger partial charge in [0.05, 0.1) is 32.1 Å². The van der Waals surface area contributed by atoms with Crippen molar-refractivity contribution in [2.75, 3.05) is 32.1 Å². The van der Waals surface area contributed by atoms with E-state index in [2.05, 4.69) is 5.32 Å². The van der Waals surface area contributed by atoms with Crippen molar-refractivity contribution < 1.29 is 27.7 Å². The number of carbonyl (C=O) groups excluding carboxylic acids is 2. The van der Waals surface area contributed by atoms with Crippen molar-refractivity contribution in [3.05, 3.63) is 65.7 Å². The zero-order valence-electron chi connectivity index (χ0n) is 16.9. The minimum absolute atomic E-state index is 0.0209. The first-order chi connectivity index (χ1) is 14.2. The van der Waals surface area contributed by atoms with E-state index in [4.69, 9.17) is 0 Å². The second kappa shape index (κ2) is 8.87. The number of nitrogens with one attached hydrogen (secondary N) is 2. The monoisotopic (exact) mass is 420 g/mol. The Morgan fingerprint density at radius 2 is 1.87 bits per heavy atom. The first-order valence-corrected chi connectivity index (χ1v) is 9.77. The van der Waals surface area contributed by atoms with Crippen LogP contribution in [0.25, 0.3) is 0 Å². The quantitative estimate of drug-likeness (QED) is 0.752. The Kier molecular flexibility index (Phi) is 6.45. The molecular weight excluding hydrogens is 395 g/mol. The molecule has 0 bridgehead atoms. The highest BCUT2D eigenvalue weighted by molar-refractivity contribution is 6.00. The third-order valence-electron chi connectivity index (χ3n) is 5.36. The van der Waals surface area contributed by atoms with Crippen LogP contribution in [-0.2, 0) is 15.8 Å². The zero-order valence-corrected chi connectivity index (χ0v) is 16.9. The lowest BCUT2D eigenvalue weighted by atomic mass is 10.0. The predicted molar refractivity (Wildman–Crippen MR) is 107 cm³/mol. The lowest BCUT2D eigenvalue weighted by Gasteiger charge is -2.23. The van der Waals surface area contributed by atoms with Crippen molar-refractivity contribution in [3.8, 4) is 0 Å². The SMILES string of the molecule is C[NH+](C)[C@@H](CNC(=O)[C@H]1CC(=O)N(c2cccc(C(F)(F)F)c2)C1)c1ccccc1. The Balaban J connectivity index is 1.65. The number of rotatable bonds is 6. The number of hydrogen-bond donors (Lipinski definition) is 2. The summed E-state index contributed by atoms with van der Waals surface area (Å²) in [6, 6.07) is 14.5. The van der Waals surface area contributed by atoms with Gasteiger partial charge in [0, 0.05) is 24.2 Å². The van der Waals surface area contributed by atoms with Gasteiger partial charge in [-0.15, -0.1) is 0 Å². The van der Waals surface area contributed by atoms with Crippen LogP contribution in [0.1, 0.15) is 23.6 Å². The van der Waals surface area contributed by atoms with E-state index in [1.165, 1.54) is 17.0 Å². The van der Waals surface area contributed by atoms with Crippen LogP contribution < -0.4 is 15.1 Å². The molecule has 0 radical (unpaired) electrons. The van der Waals surface area contributed by atoms with Gasteiger partial charge in [0.15, 0.2) is 0 Å². The molecule has 5 nitrogen and oxygen atoms in total. The fourth-order valence-corrected chi connectivity index (χ4v) is 3.67. The Hall–Kier alpha value is -2.87. The molecule has 8 heteroatoms. The van der Waals surface area contributed by atoms with Crippen LogP contribution in [0.5, 0.6) is 0 Å². The highest BCUT2D eigenvalue weighted by Gasteiger charge is 2.37. The Morgan fingerprint density at radius 3 is 2.50 bits per heavy atom. The molecule has 1 aliphatic heterocycles. The van der Waals surface area contributed by atoms with E-state index >= 15 is 0 Å². The summed E-state index contributed by atoms with van der Waals surface area (Å²) in [5.74, 6) is -1.21. The van der Waals surface area contributed by atoms with Gasteiger partial charge in [-0.2, -0.15) is 13.2 Å². The summed E-state index contributed by atoms with van der Waals surface area (Å²) in [6.07, 6.45) is -4.51. The molecule has 0 unspecified atom stereocenters. The molecule has 0 aliphatic carbocycles. The van der Waals surface area contributed by atoms with Crippen LogP contribution in [0.15, 0.2) is 54.6 Å².